The number of nitrogens with one attached hydrogen (secondary N) is 1. The standard InChI is InChI=1S/C19H18N3O4PS/c1-3-26-27(24,25)10-13-5-4-6-14(7-13)19-22-17(11-28-19)16-8-15(9-20)18(23)21-12(16)2/h4-8,11H,3,10H2,1-2H3,(H,21,23)(H,24,25). The lowest BCUT2D eigenvalue weighted by Gasteiger charge is -2.11. The minimum absolute atomic E-state index is 0.0340. The first-order valence-electron chi connectivity index (χ1n) is 8.48. The number of aryl methyl sites for hydroxylation is 1. The number of aromatic nitrogens is 2. The summed E-state index contributed by atoms with van der Waals surface area (Å²) < 4.78 is 16.9. The summed E-state index contributed by atoms with van der Waals surface area (Å²) in [6.45, 7) is 3.60. The molecule has 2 heterocycles. The van der Waals surface area contributed by atoms with Crippen LogP contribution >= 0.6 is 18.9 Å². The second-order valence-corrected chi connectivity index (χ2v) is 8.82. The van der Waals surface area contributed by atoms with Crippen molar-refractivity contribution in [1.82, 2.24) is 9.97 Å². The van der Waals surface area contributed by atoms with Crippen molar-refractivity contribution in [2.75, 3.05) is 6.61 Å². The third kappa shape index (κ3) is 4.46. The van der Waals surface area contributed by atoms with Crippen molar-refractivity contribution in [3.05, 3.63) is 62.9 Å². The van der Waals surface area contributed by atoms with E-state index >= 15 is 0 Å². The molecule has 2 N–H and O–H groups in total. The van der Waals surface area contributed by atoms with E-state index in [-0.39, 0.29) is 18.3 Å². The Balaban J connectivity index is 1.93. The third-order valence-corrected chi connectivity index (χ3v) is 6.34. The van der Waals surface area contributed by atoms with Gasteiger partial charge in [0, 0.05) is 22.2 Å². The smallest absolute Gasteiger partial charge is 0.325 e. The maximum Gasteiger partial charge on any atom is 0.332 e. The lowest BCUT2D eigenvalue weighted by atomic mass is 10.1. The second kappa shape index (κ2) is 8.21. The molecule has 144 valence electrons. The van der Waals surface area contributed by atoms with Crippen LogP contribution in [-0.2, 0) is 15.3 Å². The van der Waals surface area contributed by atoms with E-state index in [0.29, 0.717) is 22.5 Å². The molecule has 7 nitrogen and oxygen atoms in total. The Morgan fingerprint density at radius 1 is 1.39 bits per heavy atom. The van der Waals surface area contributed by atoms with Crippen molar-refractivity contribution < 1.29 is 14.0 Å². The van der Waals surface area contributed by atoms with Gasteiger partial charge < -0.3 is 14.4 Å². The van der Waals surface area contributed by atoms with E-state index in [1.807, 2.05) is 23.6 Å². The lowest BCUT2D eigenvalue weighted by molar-refractivity contribution is 0.272. The number of pyridine rings is 1. The zero-order valence-electron chi connectivity index (χ0n) is 15.3. The van der Waals surface area contributed by atoms with Crippen LogP contribution in [-0.4, -0.2) is 21.5 Å². The lowest BCUT2D eigenvalue weighted by Crippen LogP contribution is -2.11. The van der Waals surface area contributed by atoms with Gasteiger partial charge in [0.25, 0.3) is 5.56 Å². The summed E-state index contributed by atoms with van der Waals surface area (Å²) in [5, 5.41) is 11.7. The van der Waals surface area contributed by atoms with Crippen LogP contribution in [0.15, 0.2) is 40.5 Å². The van der Waals surface area contributed by atoms with Crippen LogP contribution in [0.4, 0.5) is 0 Å². The van der Waals surface area contributed by atoms with Crippen LogP contribution in [0.1, 0.15) is 23.7 Å². The molecule has 1 atom stereocenters. The highest BCUT2D eigenvalue weighted by molar-refractivity contribution is 7.51. The molecule has 0 saturated heterocycles. The van der Waals surface area contributed by atoms with Crippen molar-refractivity contribution in [2.45, 2.75) is 20.0 Å². The number of aromatic amines is 1. The number of thiazole rings is 1. The van der Waals surface area contributed by atoms with E-state index in [9.17, 15) is 14.3 Å². The summed E-state index contributed by atoms with van der Waals surface area (Å²) in [5.74, 6) is 0. The van der Waals surface area contributed by atoms with Gasteiger partial charge in [-0.25, -0.2) is 4.98 Å². The maximum absolute atomic E-state index is 12.0. The largest absolute Gasteiger partial charge is 0.332 e. The molecule has 0 aliphatic rings. The van der Waals surface area contributed by atoms with Gasteiger partial charge in [-0.05, 0) is 31.5 Å². The highest BCUT2D eigenvalue weighted by atomic mass is 32.1. The Kier molecular flexibility index (Phi) is 5.92. The van der Waals surface area contributed by atoms with Gasteiger partial charge in [-0.15, -0.1) is 11.3 Å². The molecule has 0 radical (unpaired) electrons. The van der Waals surface area contributed by atoms with E-state index in [1.165, 1.54) is 17.4 Å². The van der Waals surface area contributed by atoms with E-state index in [4.69, 9.17) is 9.79 Å². The molecule has 28 heavy (non-hydrogen) atoms. The molecule has 0 spiro atoms. The fourth-order valence-electron chi connectivity index (χ4n) is 2.78. The Morgan fingerprint density at radius 2 is 2.18 bits per heavy atom. The normalized spacial score (nSPS) is 13.1. The van der Waals surface area contributed by atoms with Crippen LogP contribution in [0.5, 0.6) is 0 Å². The molecule has 0 saturated carbocycles. The van der Waals surface area contributed by atoms with Crippen LogP contribution in [0.25, 0.3) is 21.8 Å². The molecule has 9 heteroatoms. The summed E-state index contributed by atoms with van der Waals surface area (Å²) in [5.41, 5.74) is 3.08. The Hall–Kier alpha value is -2.56. The number of nitriles is 1. The van der Waals surface area contributed by atoms with E-state index in [2.05, 4.69) is 9.97 Å². The second-order valence-electron chi connectivity index (χ2n) is 6.11. The molecule has 0 fully saturated rings. The topological polar surface area (TPSA) is 116 Å². The predicted octanol–water partition coefficient (Wildman–Crippen LogP) is 4.07. The molecule has 2 aromatic heterocycles. The minimum Gasteiger partial charge on any atom is -0.325 e. The zero-order chi connectivity index (χ0) is 20.3. The molecule has 1 unspecified atom stereocenters. The first kappa shape index (κ1) is 20.2. The van der Waals surface area contributed by atoms with Crippen molar-refractivity contribution in [3.8, 4) is 27.9 Å². The van der Waals surface area contributed by atoms with Gasteiger partial charge in [0.15, 0.2) is 0 Å². The van der Waals surface area contributed by atoms with E-state index in [0.717, 1.165) is 10.6 Å². The van der Waals surface area contributed by atoms with Gasteiger partial charge in [0.05, 0.1) is 18.5 Å². The number of nitrogens with zero attached hydrogens (tertiary/aromatic N) is 2. The van der Waals surface area contributed by atoms with Gasteiger partial charge in [-0.1, -0.05) is 18.2 Å². The molecule has 3 aromatic rings. The van der Waals surface area contributed by atoms with Crippen LogP contribution < -0.4 is 5.56 Å². The quantitative estimate of drug-likeness (QED) is 0.587. The number of rotatable bonds is 6. The molecule has 0 aliphatic carbocycles. The molecule has 3 rings (SSSR count). The van der Waals surface area contributed by atoms with Crippen molar-refractivity contribution in [2.24, 2.45) is 0 Å². The van der Waals surface area contributed by atoms with Gasteiger partial charge >= 0.3 is 7.60 Å². The average Bonchev–Trinajstić information content (AvgIpc) is 3.11. The van der Waals surface area contributed by atoms with Crippen molar-refractivity contribution in [1.29, 1.82) is 5.26 Å². The van der Waals surface area contributed by atoms with Crippen LogP contribution in [0, 0.1) is 18.3 Å². The molecule has 1 aromatic carbocycles. The van der Waals surface area contributed by atoms with Crippen LogP contribution in [0.3, 0.4) is 0 Å². The van der Waals surface area contributed by atoms with Crippen LogP contribution in [0.2, 0.25) is 0 Å². The Morgan fingerprint density at radius 3 is 2.89 bits per heavy atom. The first-order chi connectivity index (χ1) is 13.3. The summed E-state index contributed by atoms with van der Waals surface area (Å²) >= 11 is 1.41. The van der Waals surface area contributed by atoms with E-state index < -0.39 is 13.2 Å². The predicted molar refractivity (Wildman–Crippen MR) is 108 cm³/mol. The minimum atomic E-state index is -3.67. The van der Waals surface area contributed by atoms with Gasteiger partial charge in [0.1, 0.15) is 16.6 Å². The molecule has 0 aliphatic heterocycles. The van der Waals surface area contributed by atoms with Crippen molar-refractivity contribution >= 4 is 18.9 Å². The number of benzene rings is 1. The Labute approximate surface area is 165 Å². The summed E-state index contributed by atoms with van der Waals surface area (Å²) in [4.78, 5) is 28.9. The Bertz CT molecular complexity index is 1160. The molecule has 0 amide bonds. The number of H-pyrrole nitrogens is 1. The summed E-state index contributed by atoms with van der Waals surface area (Å²) in [7, 11) is -3.67. The molecule has 0 bridgehead atoms. The number of hydrogen-bond donors (Lipinski definition) is 2. The van der Waals surface area contributed by atoms with E-state index in [1.54, 1.807) is 26.0 Å². The fourth-order valence-corrected chi connectivity index (χ4v) is 4.75. The fraction of sp³-hybridized carbons (Fsp3) is 0.211. The SMILES string of the molecule is CCOP(=O)(O)Cc1cccc(-c2nc(-c3cc(C#N)c(=O)[nH]c3C)cs2)c1. The molecular weight excluding hydrogens is 397 g/mol. The monoisotopic (exact) mass is 415 g/mol. The highest BCUT2D eigenvalue weighted by Gasteiger charge is 2.20. The molecular formula is C19H18N3O4PS. The summed E-state index contributed by atoms with van der Waals surface area (Å²) in [6.07, 6.45) is -0.0720. The van der Waals surface area contributed by atoms with Gasteiger partial charge in [-0.2, -0.15) is 5.26 Å². The number of hydrogen-bond acceptors (Lipinski definition) is 6. The van der Waals surface area contributed by atoms with Gasteiger partial charge in [-0.3, -0.25) is 9.36 Å². The van der Waals surface area contributed by atoms with Crippen molar-refractivity contribution in [3.63, 3.8) is 0 Å². The first-order valence-corrected chi connectivity index (χ1v) is 11.1. The maximum atomic E-state index is 12.0. The third-order valence-electron chi connectivity index (χ3n) is 4.03. The average molecular weight is 415 g/mol. The summed E-state index contributed by atoms with van der Waals surface area (Å²) in [6, 6.07) is 10.7. The highest BCUT2D eigenvalue weighted by Crippen LogP contribution is 2.45. The zero-order valence-corrected chi connectivity index (χ0v) is 17.0. The van der Waals surface area contributed by atoms with Gasteiger partial charge in [0.2, 0.25) is 0 Å².